The van der Waals surface area contributed by atoms with Crippen LogP contribution < -0.4 is 0 Å². The number of ether oxygens (including phenoxy) is 1. The molecular weight excluding hydrogens is 244 g/mol. The van der Waals surface area contributed by atoms with Gasteiger partial charge >= 0.3 is 6.09 Å². The molecule has 0 radical (unpaired) electrons. The van der Waals surface area contributed by atoms with Crippen LogP contribution in [0.25, 0.3) is 0 Å². The molecule has 2 amide bonds. The van der Waals surface area contributed by atoms with E-state index in [1.165, 1.54) is 12.5 Å². The second kappa shape index (κ2) is 6.22. The smallest absolute Gasteiger partial charge is 0.442 e. The van der Waals surface area contributed by atoms with Gasteiger partial charge in [0, 0.05) is 6.92 Å². The average Bonchev–Trinajstić information content (AvgIpc) is 2.33. The van der Waals surface area contributed by atoms with Crippen LogP contribution in [0.3, 0.4) is 0 Å². The number of amides is 2. The van der Waals surface area contributed by atoms with E-state index in [9.17, 15) is 9.59 Å². The fraction of sp³-hybridized carbons (Fsp3) is 0.429. The van der Waals surface area contributed by atoms with E-state index in [1.54, 1.807) is 0 Å². The molecule has 0 N–H and O–H groups in total. The van der Waals surface area contributed by atoms with E-state index >= 15 is 0 Å². The molecule has 0 aliphatic rings. The Kier molecular flexibility index (Phi) is 4.92. The Hall–Kier alpha value is -2.04. The Bertz CT molecular complexity index is 484. The molecular formula is C14H18N2O3. The van der Waals surface area contributed by atoms with Crippen LogP contribution in [0.5, 0.6) is 0 Å². The first-order valence-electron chi connectivity index (χ1n) is 5.97. The third-order valence-electron chi connectivity index (χ3n) is 2.45. The van der Waals surface area contributed by atoms with Crippen molar-refractivity contribution < 1.29 is 14.3 Å². The van der Waals surface area contributed by atoms with Crippen molar-refractivity contribution in [3.05, 3.63) is 35.4 Å². The quantitative estimate of drug-likeness (QED) is 0.764. The maximum atomic E-state index is 11.1. The minimum Gasteiger partial charge on any atom is -0.442 e. The highest BCUT2D eigenvalue weighted by Gasteiger charge is 2.12. The molecule has 0 aromatic heterocycles. The van der Waals surface area contributed by atoms with Gasteiger partial charge in [-0.3, -0.25) is 4.79 Å². The van der Waals surface area contributed by atoms with Gasteiger partial charge in [-0.25, -0.2) is 4.79 Å². The Labute approximate surface area is 112 Å². The Morgan fingerprint density at radius 3 is 2.16 bits per heavy atom. The summed E-state index contributed by atoms with van der Waals surface area (Å²) in [6, 6.07) is 7.80. The van der Waals surface area contributed by atoms with Gasteiger partial charge in [0.05, 0.1) is 0 Å². The van der Waals surface area contributed by atoms with E-state index in [1.807, 2.05) is 24.3 Å². The first-order valence-corrected chi connectivity index (χ1v) is 5.97. The summed E-state index contributed by atoms with van der Waals surface area (Å²) in [6.07, 6.45) is -0.866. The molecule has 1 aromatic rings. The number of hydrogen-bond donors (Lipinski definition) is 0. The van der Waals surface area contributed by atoms with Crippen molar-refractivity contribution in [3.8, 4) is 0 Å². The molecule has 1 rings (SSSR count). The number of carbonyl (C=O) groups excluding carboxylic acids is 2. The molecule has 5 nitrogen and oxygen atoms in total. The molecule has 0 heterocycles. The Morgan fingerprint density at radius 1 is 1.11 bits per heavy atom. The molecule has 0 saturated carbocycles. The van der Waals surface area contributed by atoms with Crippen LogP contribution in [0.2, 0.25) is 0 Å². The summed E-state index contributed by atoms with van der Waals surface area (Å²) in [5.41, 5.74) is 2.16. The van der Waals surface area contributed by atoms with E-state index in [-0.39, 0.29) is 12.0 Å². The Morgan fingerprint density at radius 2 is 1.68 bits per heavy atom. The van der Waals surface area contributed by atoms with Gasteiger partial charge in [0.1, 0.15) is 6.61 Å². The fourth-order valence-corrected chi connectivity index (χ4v) is 1.39. The van der Waals surface area contributed by atoms with Gasteiger partial charge in [-0.05, 0) is 16.5 Å². The van der Waals surface area contributed by atoms with Crippen LogP contribution in [0.4, 0.5) is 4.79 Å². The predicted octanol–water partition coefficient (Wildman–Crippen LogP) is 3.62. The zero-order valence-corrected chi connectivity index (χ0v) is 11.6. The van der Waals surface area contributed by atoms with Crippen molar-refractivity contribution in [1.82, 2.24) is 0 Å². The zero-order valence-electron chi connectivity index (χ0n) is 11.6. The topological polar surface area (TPSA) is 68.1 Å². The molecule has 5 heteroatoms. The van der Waals surface area contributed by atoms with Crippen molar-refractivity contribution in [2.75, 3.05) is 0 Å². The second-order valence-electron chi connectivity index (χ2n) is 5.22. The molecule has 19 heavy (non-hydrogen) atoms. The minimum atomic E-state index is -0.866. The first kappa shape index (κ1) is 15.0. The lowest BCUT2D eigenvalue weighted by Gasteiger charge is -2.19. The maximum absolute atomic E-state index is 11.1. The van der Waals surface area contributed by atoms with Crippen molar-refractivity contribution in [3.63, 3.8) is 0 Å². The van der Waals surface area contributed by atoms with Gasteiger partial charge in [-0.15, -0.1) is 5.11 Å². The van der Waals surface area contributed by atoms with E-state index in [4.69, 9.17) is 4.74 Å². The summed E-state index contributed by atoms with van der Waals surface area (Å²) in [5, 5.41) is 6.20. The van der Waals surface area contributed by atoms with Crippen LogP contribution in [0.15, 0.2) is 34.5 Å². The molecule has 0 atom stereocenters. The molecule has 1 aromatic carbocycles. The van der Waals surface area contributed by atoms with E-state index in [0.717, 1.165) is 5.56 Å². The van der Waals surface area contributed by atoms with Crippen LogP contribution in [-0.2, 0) is 21.6 Å². The molecule has 0 fully saturated rings. The van der Waals surface area contributed by atoms with Crippen molar-refractivity contribution in [1.29, 1.82) is 0 Å². The monoisotopic (exact) mass is 262 g/mol. The summed E-state index contributed by atoms with van der Waals surface area (Å²) in [5.74, 6) is -0.536. The zero-order chi connectivity index (χ0) is 14.5. The fourth-order valence-electron chi connectivity index (χ4n) is 1.39. The van der Waals surface area contributed by atoms with Gasteiger partial charge in [0.2, 0.25) is 0 Å². The van der Waals surface area contributed by atoms with E-state index in [0.29, 0.717) is 0 Å². The van der Waals surface area contributed by atoms with Gasteiger partial charge in [0.15, 0.2) is 0 Å². The third kappa shape index (κ3) is 5.42. The highest BCUT2D eigenvalue weighted by molar-refractivity contribution is 5.76. The number of hydrogen-bond acceptors (Lipinski definition) is 3. The largest absolute Gasteiger partial charge is 0.452 e. The van der Waals surface area contributed by atoms with Crippen molar-refractivity contribution in [2.45, 2.75) is 39.7 Å². The average molecular weight is 262 g/mol. The van der Waals surface area contributed by atoms with Crippen LogP contribution in [-0.4, -0.2) is 12.0 Å². The molecule has 0 aliphatic heterocycles. The van der Waals surface area contributed by atoms with Gasteiger partial charge in [-0.2, -0.15) is 0 Å². The highest BCUT2D eigenvalue weighted by Crippen LogP contribution is 2.22. The lowest BCUT2D eigenvalue weighted by molar-refractivity contribution is -0.116. The number of benzene rings is 1. The minimum absolute atomic E-state index is 0.0882. The maximum Gasteiger partial charge on any atom is 0.452 e. The normalized spacial score (nSPS) is 11.6. The summed E-state index contributed by atoms with van der Waals surface area (Å²) in [6.45, 7) is 7.71. The van der Waals surface area contributed by atoms with Gasteiger partial charge in [-0.1, -0.05) is 50.2 Å². The number of rotatable bonds is 2. The third-order valence-corrected chi connectivity index (χ3v) is 2.45. The highest BCUT2D eigenvalue weighted by atomic mass is 16.5. The van der Waals surface area contributed by atoms with E-state index in [2.05, 4.69) is 31.0 Å². The van der Waals surface area contributed by atoms with Gasteiger partial charge in [0.25, 0.3) is 5.91 Å². The lowest BCUT2D eigenvalue weighted by atomic mass is 9.87. The van der Waals surface area contributed by atoms with Gasteiger partial charge < -0.3 is 4.74 Å². The molecule has 0 unspecified atom stereocenters. The SMILES string of the molecule is CC(=O)/N=N/C(=O)OCc1ccc(C(C)(C)C)cc1. The summed E-state index contributed by atoms with van der Waals surface area (Å²) < 4.78 is 4.85. The number of azo groups is 1. The first-order chi connectivity index (χ1) is 8.79. The standard InChI is InChI=1S/C14H18N2O3/c1-10(17)15-16-13(18)19-9-11-5-7-12(8-6-11)14(2,3)4/h5-8H,9H2,1-4H3/b16-15+. The summed E-state index contributed by atoms with van der Waals surface area (Å²) >= 11 is 0. The van der Waals surface area contributed by atoms with Crippen molar-refractivity contribution in [2.24, 2.45) is 10.2 Å². The molecule has 0 bridgehead atoms. The summed E-state index contributed by atoms with van der Waals surface area (Å²) in [4.78, 5) is 21.6. The number of carbonyl (C=O) groups is 2. The van der Waals surface area contributed by atoms with Crippen molar-refractivity contribution >= 4 is 12.0 Å². The predicted molar refractivity (Wildman–Crippen MR) is 70.9 cm³/mol. The molecule has 0 aliphatic carbocycles. The van der Waals surface area contributed by atoms with E-state index < -0.39 is 12.0 Å². The Balaban J connectivity index is 2.55. The molecule has 0 spiro atoms. The lowest BCUT2D eigenvalue weighted by Crippen LogP contribution is -2.10. The number of nitrogens with zero attached hydrogens (tertiary/aromatic N) is 2. The van der Waals surface area contributed by atoms with Crippen LogP contribution in [0.1, 0.15) is 38.8 Å². The van der Waals surface area contributed by atoms with Crippen LogP contribution >= 0.6 is 0 Å². The second-order valence-corrected chi connectivity index (χ2v) is 5.22. The summed E-state index contributed by atoms with van der Waals surface area (Å²) in [7, 11) is 0. The van der Waals surface area contributed by atoms with Crippen LogP contribution in [0, 0.1) is 0 Å². The molecule has 102 valence electrons. The molecule has 0 saturated heterocycles.